The molecule has 1 N–H and O–H groups in total. The lowest BCUT2D eigenvalue weighted by Gasteiger charge is -2.29. The van der Waals surface area contributed by atoms with E-state index in [0.717, 1.165) is 0 Å². The molecule has 0 aromatic heterocycles. The maximum Gasteiger partial charge on any atom is 0.225 e. The molecule has 126 valence electrons. The van der Waals surface area contributed by atoms with Gasteiger partial charge in [-0.15, -0.1) is 0 Å². The largest absolute Gasteiger partial charge is 0.493 e. The summed E-state index contributed by atoms with van der Waals surface area (Å²) < 4.78 is 30.6. The van der Waals surface area contributed by atoms with E-state index in [4.69, 9.17) is 14.2 Å². The lowest BCUT2D eigenvalue weighted by atomic mass is 9.83. The molecule has 0 fully saturated rings. The zero-order valence-corrected chi connectivity index (χ0v) is 13.7. The fraction of sp³-hybridized carbons (Fsp3) is 0.278. The molecular formula is C18H18FNO4. The van der Waals surface area contributed by atoms with Crippen LogP contribution in [0.1, 0.15) is 23.5 Å². The Hall–Kier alpha value is -2.76. The van der Waals surface area contributed by atoms with Crippen molar-refractivity contribution in [1.82, 2.24) is 0 Å². The van der Waals surface area contributed by atoms with Crippen molar-refractivity contribution in [3.8, 4) is 17.2 Å². The Morgan fingerprint density at radius 3 is 2.42 bits per heavy atom. The second kappa shape index (κ2) is 6.39. The Bertz CT molecular complexity index is 791. The lowest BCUT2D eigenvalue weighted by molar-refractivity contribution is -0.116. The Morgan fingerprint density at radius 2 is 1.79 bits per heavy atom. The molecule has 0 unspecified atom stereocenters. The van der Waals surface area contributed by atoms with Crippen molar-refractivity contribution >= 4 is 11.6 Å². The predicted octanol–water partition coefficient (Wildman–Crippen LogP) is 3.33. The van der Waals surface area contributed by atoms with E-state index in [1.807, 2.05) is 0 Å². The molecule has 2 aromatic rings. The van der Waals surface area contributed by atoms with Gasteiger partial charge in [0, 0.05) is 24.0 Å². The first-order valence-corrected chi connectivity index (χ1v) is 7.47. The number of rotatable bonds is 4. The molecule has 24 heavy (non-hydrogen) atoms. The molecule has 1 atom stereocenters. The molecule has 1 heterocycles. The molecule has 1 amide bonds. The van der Waals surface area contributed by atoms with Crippen LogP contribution in [0.3, 0.4) is 0 Å². The monoisotopic (exact) mass is 331 g/mol. The summed E-state index contributed by atoms with van der Waals surface area (Å²) in [4.78, 5) is 12.1. The Kier molecular flexibility index (Phi) is 4.29. The highest BCUT2D eigenvalue weighted by molar-refractivity contribution is 5.97. The number of ether oxygens (including phenoxy) is 3. The number of carbonyl (C=O) groups is 1. The van der Waals surface area contributed by atoms with E-state index in [-0.39, 0.29) is 18.1 Å². The number of methoxy groups -OCH3 is 3. The molecule has 5 nitrogen and oxygen atoms in total. The van der Waals surface area contributed by atoms with Gasteiger partial charge in [-0.1, -0.05) is 18.2 Å². The lowest BCUT2D eigenvalue weighted by Crippen LogP contribution is -2.25. The maximum atomic E-state index is 14.3. The van der Waals surface area contributed by atoms with Crippen LogP contribution >= 0.6 is 0 Å². The van der Waals surface area contributed by atoms with E-state index in [2.05, 4.69) is 5.32 Å². The minimum Gasteiger partial charge on any atom is -0.493 e. The highest BCUT2D eigenvalue weighted by atomic mass is 19.1. The first-order chi connectivity index (χ1) is 11.6. The maximum absolute atomic E-state index is 14.3. The Morgan fingerprint density at radius 1 is 1.08 bits per heavy atom. The van der Waals surface area contributed by atoms with Crippen LogP contribution in [0, 0.1) is 5.82 Å². The van der Waals surface area contributed by atoms with Crippen LogP contribution in [0.4, 0.5) is 10.1 Å². The fourth-order valence-electron chi connectivity index (χ4n) is 3.14. The van der Waals surface area contributed by atoms with Crippen LogP contribution in [0.15, 0.2) is 30.3 Å². The molecule has 1 aliphatic heterocycles. The number of halogens is 1. The van der Waals surface area contributed by atoms with Crippen molar-refractivity contribution in [2.75, 3.05) is 26.6 Å². The summed E-state index contributed by atoms with van der Waals surface area (Å²) in [5.41, 5.74) is 1.66. The minimum atomic E-state index is -0.468. The zero-order chi connectivity index (χ0) is 17.3. The molecule has 0 bridgehead atoms. The van der Waals surface area contributed by atoms with Crippen molar-refractivity contribution in [2.45, 2.75) is 12.3 Å². The van der Waals surface area contributed by atoms with Gasteiger partial charge in [0.05, 0.1) is 27.0 Å². The number of hydrogen-bond acceptors (Lipinski definition) is 4. The van der Waals surface area contributed by atoms with Crippen molar-refractivity contribution in [3.05, 3.63) is 47.3 Å². The molecule has 0 saturated carbocycles. The van der Waals surface area contributed by atoms with Gasteiger partial charge in [0.25, 0.3) is 0 Å². The third-order valence-corrected chi connectivity index (χ3v) is 4.16. The van der Waals surface area contributed by atoms with E-state index in [1.54, 1.807) is 24.3 Å². The smallest absolute Gasteiger partial charge is 0.225 e. The van der Waals surface area contributed by atoms with Crippen LogP contribution < -0.4 is 19.5 Å². The van der Waals surface area contributed by atoms with Gasteiger partial charge < -0.3 is 19.5 Å². The van der Waals surface area contributed by atoms with E-state index >= 15 is 0 Å². The van der Waals surface area contributed by atoms with Crippen molar-refractivity contribution in [3.63, 3.8) is 0 Å². The molecule has 6 heteroatoms. The predicted molar refractivity (Wildman–Crippen MR) is 87.6 cm³/mol. The van der Waals surface area contributed by atoms with E-state index in [0.29, 0.717) is 34.1 Å². The summed E-state index contributed by atoms with van der Waals surface area (Å²) in [6.07, 6.45) is 0.125. The van der Waals surface area contributed by atoms with E-state index in [9.17, 15) is 9.18 Å². The summed E-state index contributed by atoms with van der Waals surface area (Å²) >= 11 is 0. The fourth-order valence-corrected chi connectivity index (χ4v) is 3.14. The van der Waals surface area contributed by atoms with E-state index in [1.165, 1.54) is 27.4 Å². The number of amides is 1. The average molecular weight is 331 g/mol. The molecule has 0 saturated heterocycles. The normalized spacial score (nSPS) is 16.2. The van der Waals surface area contributed by atoms with Crippen LogP contribution in [0.25, 0.3) is 0 Å². The highest BCUT2D eigenvalue weighted by Crippen LogP contribution is 2.51. The number of hydrogen-bond donors (Lipinski definition) is 1. The van der Waals surface area contributed by atoms with Crippen LogP contribution in [0.2, 0.25) is 0 Å². The molecule has 3 rings (SSSR count). The molecular weight excluding hydrogens is 313 g/mol. The van der Waals surface area contributed by atoms with Gasteiger partial charge in [0.1, 0.15) is 5.82 Å². The molecule has 0 aliphatic carbocycles. The summed E-state index contributed by atoms with van der Waals surface area (Å²) in [5.74, 6) is 0.258. The van der Waals surface area contributed by atoms with Crippen molar-refractivity contribution in [1.29, 1.82) is 0 Å². The standard InChI is InChI=1S/C18H18FNO4/c1-22-14-9-13-16(18(24-3)17(14)23-2)11(8-15(21)20-13)10-6-4-5-7-12(10)19/h4-7,9,11H,8H2,1-3H3,(H,20,21)/t11-/m0/s1. The van der Waals surface area contributed by atoms with Gasteiger partial charge in [-0.2, -0.15) is 0 Å². The summed E-state index contributed by atoms with van der Waals surface area (Å²) in [7, 11) is 4.52. The van der Waals surface area contributed by atoms with Crippen LogP contribution in [-0.2, 0) is 4.79 Å². The first-order valence-electron chi connectivity index (χ1n) is 7.47. The third-order valence-electron chi connectivity index (χ3n) is 4.16. The summed E-state index contributed by atoms with van der Waals surface area (Å²) in [5, 5.41) is 2.80. The van der Waals surface area contributed by atoms with Gasteiger partial charge >= 0.3 is 0 Å². The average Bonchev–Trinajstić information content (AvgIpc) is 2.59. The highest BCUT2D eigenvalue weighted by Gasteiger charge is 2.34. The second-order valence-electron chi connectivity index (χ2n) is 5.43. The summed E-state index contributed by atoms with van der Waals surface area (Å²) in [6, 6.07) is 8.10. The van der Waals surface area contributed by atoms with Crippen molar-refractivity contribution < 1.29 is 23.4 Å². The topological polar surface area (TPSA) is 56.8 Å². The van der Waals surface area contributed by atoms with Gasteiger partial charge in [0.15, 0.2) is 11.5 Å². The molecule has 2 aromatic carbocycles. The SMILES string of the molecule is COc1cc2c(c(OC)c1OC)[C@H](c1ccccc1F)CC(=O)N2. The Balaban J connectivity index is 2.28. The van der Waals surface area contributed by atoms with Crippen LogP contribution in [0.5, 0.6) is 17.2 Å². The second-order valence-corrected chi connectivity index (χ2v) is 5.43. The number of fused-ring (bicyclic) bond motifs is 1. The van der Waals surface area contributed by atoms with Gasteiger partial charge in [0.2, 0.25) is 11.7 Å². The number of carbonyl (C=O) groups excluding carboxylic acids is 1. The number of benzene rings is 2. The van der Waals surface area contributed by atoms with Crippen LogP contribution in [-0.4, -0.2) is 27.2 Å². The van der Waals surface area contributed by atoms with E-state index < -0.39 is 5.92 Å². The molecule has 0 spiro atoms. The van der Waals surface area contributed by atoms with Gasteiger partial charge in [-0.25, -0.2) is 4.39 Å². The first kappa shape index (κ1) is 16.1. The number of anilines is 1. The Labute approximate surface area is 139 Å². The van der Waals surface area contributed by atoms with Crippen molar-refractivity contribution in [2.24, 2.45) is 0 Å². The quantitative estimate of drug-likeness (QED) is 0.934. The molecule has 0 radical (unpaired) electrons. The third kappa shape index (κ3) is 2.54. The van der Waals surface area contributed by atoms with Gasteiger partial charge in [-0.05, 0) is 11.6 Å². The zero-order valence-electron chi connectivity index (χ0n) is 13.7. The minimum absolute atomic E-state index is 0.125. The molecule has 1 aliphatic rings. The number of nitrogens with one attached hydrogen (secondary N) is 1. The summed E-state index contributed by atoms with van der Waals surface area (Å²) in [6.45, 7) is 0. The van der Waals surface area contributed by atoms with Gasteiger partial charge in [-0.3, -0.25) is 4.79 Å².